The van der Waals surface area contributed by atoms with E-state index in [-0.39, 0.29) is 5.69 Å². The van der Waals surface area contributed by atoms with Crippen molar-refractivity contribution in [3.8, 4) is 11.1 Å². The molecule has 15 heavy (non-hydrogen) atoms. The summed E-state index contributed by atoms with van der Waals surface area (Å²) < 4.78 is 0. The lowest BCUT2D eigenvalue weighted by molar-refractivity contribution is -0.383. The Morgan fingerprint density at radius 3 is 2.47 bits per heavy atom. The first-order valence-corrected chi connectivity index (χ1v) is 4.87. The zero-order valence-electron chi connectivity index (χ0n) is 7.41. The minimum absolute atomic E-state index is 0.0633. The van der Waals surface area contributed by atoms with Crippen LogP contribution in [0, 0.1) is 10.1 Å². The minimum atomic E-state index is -0.426. The second-order valence-electron chi connectivity index (χ2n) is 3.02. The van der Waals surface area contributed by atoms with Gasteiger partial charge in [-0.1, -0.05) is 23.2 Å². The van der Waals surface area contributed by atoms with Gasteiger partial charge in [0.1, 0.15) is 0 Å². The molecule has 0 radical (unpaired) electrons. The van der Waals surface area contributed by atoms with E-state index >= 15 is 0 Å². The molecule has 0 heterocycles. The summed E-state index contributed by atoms with van der Waals surface area (Å²) in [4.78, 5) is 10.3. The van der Waals surface area contributed by atoms with Gasteiger partial charge in [-0.05, 0) is 29.8 Å². The highest BCUT2D eigenvalue weighted by Gasteiger charge is 2.17. The molecule has 3 nitrogen and oxygen atoms in total. The largest absolute Gasteiger partial charge is 0.277 e. The Kier molecular flexibility index (Phi) is 2.50. The molecule has 0 fully saturated rings. The summed E-state index contributed by atoms with van der Waals surface area (Å²) in [5.41, 5.74) is 1.31. The predicted molar refractivity (Wildman–Crippen MR) is 59.7 cm³/mol. The molecule has 76 valence electrons. The molecule has 0 saturated carbocycles. The third-order valence-electron chi connectivity index (χ3n) is 2.11. The van der Waals surface area contributed by atoms with E-state index in [1.165, 1.54) is 6.07 Å². The van der Waals surface area contributed by atoms with Gasteiger partial charge in [-0.2, -0.15) is 0 Å². The second kappa shape index (κ2) is 3.68. The smallest absolute Gasteiger partial charge is 0.258 e. The Labute approximate surface area is 95.7 Å². The molecule has 2 aliphatic rings. The van der Waals surface area contributed by atoms with Gasteiger partial charge in [0, 0.05) is 6.07 Å². The Balaban J connectivity index is 2.72. The second-order valence-corrected chi connectivity index (χ2v) is 3.83. The summed E-state index contributed by atoms with van der Waals surface area (Å²) in [6, 6.07) is 7.87. The third-order valence-corrected chi connectivity index (χ3v) is 2.85. The summed E-state index contributed by atoms with van der Waals surface area (Å²) >= 11 is 11.7. The molecule has 0 aromatic carbocycles. The zero-order valence-corrected chi connectivity index (χ0v) is 8.92. The molecule has 0 unspecified atom stereocenters. The fourth-order valence-corrected chi connectivity index (χ4v) is 1.70. The van der Waals surface area contributed by atoms with Crippen LogP contribution in [0.5, 0.6) is 0 Å². The van der Waals surface area contributed by atoms with Gasteiger partial charge in [0.05, 0.1) is 20.5 Å². The molecule has 0 atom stereocenters. The first kappa shape index (κ1) is 10.2. The van der Waals surface area contributed by atoms with Crippen molar-refractivity contribution in [3.05, 3.63) is 50.5 Å². The van der Waals surface area contributed by atoms with Crippen LogP contribution in [0.4, 0.5) is 5.69 Å². The van der Waals surface area contributed by atoms with Crippen molar-refractivity contribution in [1.29, 1.82) is 0 Å². The summed E-state index contributed by atoms with van der Waals surface area (Å²) in [5, 5.41) is 11.4. The highest BCUT2D eigenvalue weighted by Crippen LogP contribution is 2.36. The van der Waals surface area contributed by atoms with Gasteiger partial charge in [0.2, 0.25) is 0 Å². The molecule has 2 rings (SSSR count). The maximum atomic E-state index is 10.7. The molecular formula is C10H5Cl2NO2. The molecule has 0 amide bonds. The standard InChI is InChI=1S/C10H5Cl2NO2/c11-8-3-2-7-6(5-9(8)12)1-4-10(7)13(14)15/h1-5H. The van der Waals surface area contributed by atoms with Crippen molar-refractivity contribution in [1.82, 2.24) is 0 Å². The van der Waals surface area contributed by atoms with Crippen LogP contribution in [0.15, 0.2) is 30.3 Å². The molecule has 0 aromatic rings. The van der Waals surface area contributed by atoms with E-state index in [1.54, 1.807) is 24.3 Å². The molecule has 5 heteroatoms. The lowest BCUT2D eigenvalue weighted by atomic mass is 10.2. The highest BCUT2D eigenvalue weighted by atomic mass is 35.5. The van der Waals surface area contributed by atoms with Crippen LogP contribution in [0.2, 0.25) is 10.0 Å². The maximum absolute atomic E-state index is 10.7. The molecule has 0 bridgehead atoms. The van der Waals surface area contributed by atoms with Gasteiger partial charge in [0.15, 0.2) is 0 Å². The monoisotopic (exact) mass is 241 g/mol. The molecule has 0 aliphatic heterocycles. The SMILES string of the molecule is O=[N+]([O-])c1ccc2cc(Cl)c(Cl)ccc1-2. The highest BCUT2D eigenvalue weighted by molar-refractivity contribution is 6.42. The Hall–Kier alpha value is -1.32. The fraction of sp³-hybridized carbons (Fsp3) is 0. The quantitative estimate of drug-likeness (QED) is 0.560. The molecule has 2 aliphatic carbocycles. The third kappa shape index (κ3) is 1.76. The van der Waals surface area contributed by atoms with Crippen LogP contribution < -0.4 is 0 Å². The van der Waals surface area contributed by atoms with Crippen LogP contribution in [0.25, 0.3) is 11.1 Å². The van der Waals surface area contributed by atoms with Crippen molar-refractivity contribution < 1.29 is 4.92 Å². The lowest BCUT2D eigenvalue weighted by Gasteiger charge is -1.91. The predicted octanol–water partition coefficient (Wildman–Crippen LogP) is 4.01. The van der Waals surface area contributed by atoms with E-state index in [2.05, 4.69) is 0 Å². The van der Waals surface area contributed by atoms with Crippen molar-refractivity contribution in [2.24, 2.45) is 0 Å². The average Bonchev–Trinajstić information content (AvgIpc) is 2.51. The maximum Gasteiger partial charge on any atom is 0.277 e. The molecular weight excluding hydrogens is 237 g/mol. The van der Waals surface area contributed by atoms with Crippen molar-refractivity contribution in [3.63, 3.8) is 0 Å². The van der Waals surface area contributed by atoms with Gasteiger partial charge in [-0.25, -0.2) is 0 Å². The van der Waals surface area contributed by atoms with Crippen molar-refractivity contribution in [2.45, 2.75) is 0 Å². The summed E-state index contributed by atoms with van der Waals surface area (Å²) in [6.45, 7) is 0. The van der Waals surface area contributed by atoms with Crippen molar-refractivity contribution in [2.75, 3.05) is 0 Å². The Morgan fingerprint density at radius 2 is 1.80 bits per heavy atom. The van der Waals surface area contributed by atoms with Gasteiger partial charge >= 0.3 is 0 Å². The van der Waals surface area contributed by atoms with E-state index in [0.717, 1.165) is 0 Å². The molecule has 0 saturated heterocycles. The summed E-state index contributed by atoms with van der Waals surface area (Å²) in [7, 11) is 0. The van der Waals surface area contributed by atoms with Gasteiger partial charge in [-0.15, -0.1) is 0 Å². The van der Waals surface area contributed by atoms with Crippen LogP contribution in [0.1, 0.15) is 0 Å². The molecule has 0 N–H and O–H groups in total. The Bertz CT molecular complexity index is 513. The lowest BCUT2D eigenvalue weighted by Crippen LogP contribution is -1.85. The minimum Gasteiger partial charge on any atom is -0.258 e. The normalized spacial score (nSPS) is 10.5. The van der Waals surface area contributed by atoms with Crippen LogP contribution in [-0.4, -0.2) is 4.92 Å². The van der Waals surface area contributed by atoms with Gasteiger partial charge in [0.25, 0.3) is 5.69 Å². The van der Waals surface area contributed by atoms with E-state index < -0.39 is 4.92 Å². The van der Waals surface area contributed by atoms with E-state index in [4.69, 9.17) is 23.2 Å². The van der Waals surface area contributed by atoms with E-state index in [1.807, 2.05) is 0 Å². The Morgan fingerprint density at radius 1 is 1.07 bits per heavy atom. The van der Waals surface area contributed by atoms with Crippen LogP contribution in [0.3, 0.4) is 0 Å². The van der Waals surface area contributed by atoms with Gasteiger partial charge < -0.3 is 0 Å². The van der Waals surface area contributed by atoms with Gasteiger partial charge in [-0.3, -0.25) is 10.1 Å². The summed E-state index contributed by atoms with van der Waals surface area (Å²) in [5.74, 6) is 0. The topological polar surface area (TPSA) is 43.1 Å². The van der Waals surface area contributed by atoms with E-state index in [9.17, 15) is 10.1 Å². The number of rotatable bonds is 1. The van der Waals surface area contributed by atoms with Crippen LogP contribution >= 0.6 is 23.2 Å². The first-order valence-electron chi connectivity index (χ1n) is 4.12. The fourth-order valence-electron chi connectivity index (χ4n) is 1.40. The zero-order chi connectivity index (χ0) is 11.0. The van der Waals surface area contributed by atoms with Crippen LogP contribution in [-0.2, 0) is 0 Å². The number of hydrogen-bond acceptors (Lipinski definition) is 2. The van der Waals surface area contributed by atoms with E-state index in [0.29, 0.717) is 21.2 Å². The number of nitro groups is 1. The number of fused-ring (bicyclic) bond motifs is 1. The molecule has 0 spiro atoms. The average molecular weight is 242 g/mol. The summed E-state index contributed by atoms with van der Waals surface area (Å²) in [6.07, 6.45) is 0. The number of hydrogen-bond donors (Lipinski definition) is 0. The first-order chi connectivity index (χ1) is 7.09. The number of nitrogens with zero attached hydrogens (tertiary/aromatic N) is 1. The van der Waals surface area contributed by atoms with Crippen molar-refractivity contribution >= 4 is 28.9 Å². The molecule has 0 aromatic heterocycles. The number of halogens is 2.